The predicted octanol–water partition coefficient (Wildman–Crippen LogP) is 1.59. The summed E-state index contributed by atoms with van der Waals surface area (Å²) in [5.74, 6) is -1.03. The summed E-state index contributed by atoms with van der Waals surface area (Å²) >= 11 is 0. The monoisotopic (exact) mass is 528 g/mol. The SMILES string of the molecule is CC(C)[C@@](C)(N)C(=O)OC[C@H]1O[C@@](C#N)(c2ccc3c(N)ncnn23)[C@H](O)[C@@H]1OC(=O)CC1CCCCC1. The molecule has 1 aliphatic heterocycles. The summed E-state index contributed by atoms with van der Waals surface area (Å²) in [5, 5.41) is 25.9. The minimum Gasteiger partial charge on any atom is -0.461 e. The molecule has 0 bridgehead atoms. The van der Waals surface area contributed by atoms with E-state index in [4.69, 9.17) is 25.7 Å². The summed E-state index contributed by atoms with van der Waals surface area (Å²) in [4.78, 5) is 29.6. The Hall–Kier alpha value is -3.27. The average molecular weight is 529 g/mol. The van der Waals surface area contributed by atoms with Gasteiger partial charge >= 0.3 is 11.9 Å². The number of rotatable bonds is 8. The highest BCUT2D eigenvalue weighted by molar-refractivity contribution is 5.80. The van der Waals surface area contributed by atoms with Gasteiger partial charge in [-0.25, -0.2) is 9.50 Å². The summed E-state index contributed by atoms with van der Waals surface area (Å²) < 4.78 is 18.7. The average Bonchev–Trinajstić information content (AvgIpc) is 3.44. The van der Waals surface area contributed by atoms with Gasteiger partial charge in [0.25, 0.3) is 0 Å². The Balaban J connectivity index is 1.63. The van der Waals surface area contributed by atoms with Crippen LogP contribution in [0.4, 0.5) is 5.82 Å². The lowest BCUT2D eigenvalue weighted by molar-refractivity contribution is -0.164. The number of hydrogen-bond donors (Lipinski definition) is 3. The fraction of sp³-hybridized carbons (Fsp3) is 0.654. The lowest BCUT2D eigenvalue weighted by Gasteiger charge is -2.28. The van der Waals surface area contributed by atoms with Gasteiger partial charge in [-0.1, -0.05) is 33.1 Å². The van der Waals surface area contributed by atoms with Gasteiger partial charge in [-0.15, -0.1) is 0 Å². The first kappa shape index (κ1) is 27.8. The number of hydrogen-bond acceptors (Lipinski definition) is 11. The highest BCUT2D eigenvalue weighted by Crippen LogP contribution is 2.42. The van der Waals surface area contributed by atoms with Crippen LogP contribution in [0.3, 0.4) is 0 Å². The van der Waals surface area contributed by atoms with Crippen molar-refractivity contribution in [1.82, 2.24) is 14.6 Å². The van der Waals surface area contributed by atoms with Gasteiger partial charge in [-0.3, -0.25) is 9.59 Å². The second kappa shape index (κ2) is 10.8. The molecule has 38 heavy (non-hydrogen) atoms. The number of aliphatic hydroxyl groups excluding tert-OH is 1. The number of aliphatic hydroxyl groups is 1. The third-order valence-electron chi connectivity index (χ3n) is 7.93. The second-order valence-electron chi connectivity index (χ2n) is 10.8. The molecule has 4 rings (SSSR count). The molecular weight excluding hydrogens is 492 g/mol. The first-order valence-electron chi connectivity index (χ1n) is 13.0. The lowest BCUT2D eigenvalue weighted by Crippen LogP contribution is -2.51. The lowest BCUT2D eigenvalue weighted by atomic mass is 9.87. The minimum absolute atomic E-state index is 0.170. The first-order valence-corrected chi connectivity index (χ1v) is 13.0. The Bertz CT molecular complexity index is 1220. The number of nitrogens with zero attached hydrogens (tertiary/aromatic N) is 4. The molecule has 2 aromatic rings. The molecule has 206 valence electrons. The molecule has 2 aliphatic rings. The van der Waals surface area contributed by atoms with Gasteiger partial charge in [0.15, 0.2) is 11.9 Å². The normalized spacial score (nSPS) is 27.7. The number of carbonyl (C=O) groups is 2. The Morgan fingerprint density at radius 3 is 2.71 bits per heavy atom. The van der Waals surface area contributed by atoms with Crippen molar-refractivity contribution in [1.29, 1.82) is 5.26 Å². The Morgan fingerprint density at radius 1 is 1.34 bits per heavy atom. The third-order valence-corrected chi connectivity index (χ3v) is 7.93. The van der Waals surface area contributed by atoms with Crippen molar-refractivity contribution in [2.24, 2.45) is 17.6 Å². The van der Waals surface area contributed by atoms with E-state index in [1.165, 1.54) is 16.9 Å². The van der Waals surface area contributed by atoms with Crippen molar-refractivity contribution in [3.05, 3.63) is 24.2 Å². The molecule has 1 aliphatic carbocycles. The molecule has 1 saturated carbocycles. The molecule has 1 saturated heterocycles. The van der Waals surface area contributed by atoms with E-state index in [1.807, 2.05) is 6.07 Å². The number of ether oxygens (including phenoxy) is 3. The molecule has 12 heteroatoms. The number of nitrogen functional groups attached to an aromatic ring is 1. The van der Waals surface area contributed by atoms with Crippen molar-refractivity contribution in [2.45, 2.75) is 88.7 Å². The van der Waals surface area contributed by atoms with Crippen molar-refractivity contribution in [3.8, 4) is 6.07 Å². The maximum atomic E-state index is 12.9. The maximum absolute atomic E-state index is 12.9. The zero-order valence-corrected chi connectivity index (χ0v) is 22.0. The van der Waals surface area contributed by atoms with Crippen LogP contribution in [0.2, 0.25) is 0 Å². The fourth-order valence-electron chi connectivity index (χ4n) is 5.05. The standard InChI is InChI=1S/C26H36N6O6/c1-15(2)25(3,29)24(35)36-12-18-21(37-20(33)11-16-7-5-4-6-8-16)22(34)26(13-27,38-18)19-10-9-17-23(28)30-14-31-32(17)19/h9-10,14-16,18,21-22,34H,4-8,11-12,29H2,1-3H3,(H2,28,30,31)/t18-,21-,22-,25-,26+/m1/s1. The number of aromatic nitrogens is 3. The van der Waals surface area contributed by atoms with E-state index in [2.05, 4.69) is 10.1 Å². The molecule has 12 nitrogen and oxygen atoms in total. The first-order chi connectivity index (χ1) is 18.0. The molecular formula is C26H36N6O6. The summed E-state index contributed by atoms with van der Waals surface area (Å²) in [6.45, 7) is 4.75. The van der Waals surface area contributed by atoms with Crippen LogP contribution in [0.15, 0.2) is 18.5 Å². The number of esters is 2. The second-order valence-corrected chi connectivity index (χ2v) is 10.8. The van der Waals surface area contributed by atoms with Crippen molar-refractivity contribution < 1.29 is 28.9 Å². The summed E-state index contributed by atoms with van der Waals surface area (Å²) in [6, 6.07) is 5.18. The van der Waals surface area contributed by atoms with Gasteiger partial charge in [-0.05, 0) is 43.7 Å². The fourth-order valence-corrected chi connectivity index (χ4v) is 5.05. The van der Waals surface area contributed by atoms with Crippen LogP contribution in [0.25, 0.3) is 5.52 Å². The van der Waals surface area contributed by atoms with Crippen LogP contribution in [0.1, 0.15) is 65.0 Å². The van der Waals surface area contributed by atoms with Crippen LogP contribution in [-0.4, -0.2) is 62.1 Å². The number of carbonyl (C=O) groups excluding carboxylic acids is 2. The zero-order valence-electron chi connectivity index (χ0n) is 22.0. The smallest absolute Gasteiger partial charge is 0.326 e. The van der Waals surface area contributed by atoms with Crippen LogP contribution >= 0.6 is 0 Å². The third kappa shape index (κ3) is 5.06. The molecule has 0 amide bonds. The van der Waals surface area contributed by atoms with Crippen molar-refractivity contribution >= 4 is 23.3 Å². The van der Waals surface area contributed by atoms with E-state index < -0.39 is 41.4 Å². The maximum Gasteiger partial charge on any atom is 0.326 e. The Morgan fingerprint density at radius 2 is 2.05 bits per heavy atom. The van der Waals surface area contributed by atoms with Crippen LogP contribution in [0, 0.1) is 23.2 Å². The van der Waals surface area contributed by atoms with Crippen LogP contribution in [0.5, 0.6) is 0 Å². The number of anilines is 1. The van der Waals surface area contributed by atoms with E-state index in [1.54, 1.807) is 26.8 Å². The molecule has 3 heterocycles. The summed E-state index contributed by atoms with van der Waals surface area (Å²) in [5.41, 5.74) is 9.39. The zero-order chi connectivity index (χ0) is 27.7. The van der Waals surface area contributed by atoms with Crippen molar-refractivity contribution in [2.75, 3.05) is 12.3 Å². The largest absolute Gasteiger partial charge is 0.461 e. The molecule has 2 aromatic heterocycles. The Labute approximate surface area is 221 Å². The predicted molar refractivity (Wildman–Crippen MR) is 135 cm³/mol. The molecule has 0 radical (unpaired) electrons. The van der Waals surface area contributed by atoms with Gasteiger partial charge in [0, 0.05) is 6.42 Å². The molecule has 0 unspecified atom stereocenters. The number of fused-ring (bicyclic) bond motifs is 1. The molecule has 0 spiro atoms. The topological polar surface area (TPSA) is 188 Å². The van der Waals surface area contributed by atoms with Crippen molar-refractivity contribution in [3.63, 3.8) is 0 Å². The summed E-state index contributed by atoms with van der Waals surface area (Å²) in [7, 11) is 0. The van der Waals surface area contributed by atoms with Gasteiger partial charge in [0.1, 0.15) is 42.3 Å². The molecule has 2 fully saturated rings. The van der Waals surface area contributed by atoms with E-state index in [-0.39, 0.29) is 36.4 Å². The van der Waals surface area contributed by atoms with Gasteiger partial charge in [-0.2, -0.15) is 10.4 Å². The molecule has 0 aromatic carbocycles. The van der Waals surface area contributed by atoms with Gasteiger partial charge in [0.2, 0.25) is 5.60 Å². The Kier molecular flexibility index (Phi) is 7.92. The molecule has 5 N–H and O–H groups in total. The summed E-state index contributed by atoms with van der Waals surface area (Å²) in [6.07, 6.45) is 2.50. The number of nitrogens with two attached hydrogens (primary N) is 2. The van der Waals surface area contributed by atoms with E-state index in [0.717, 1.165) is 32.1 Å². The van der Waals surface area contributed by atoms with E-state index in [0.29, 0.717) is 5.52 Å². The van der Waals surface area contributed by atoms with E-state index >= 15 is 0 Å². The van der Waals surface area contributed by atoms with Crippen LogP contribution < -0.4 is 11.5 Å². The quantitative estimate of drug-likeness (QED) is 0.422. The highest BCUT2D eigenvalue weighted by Gasteiger charge is 2.60. The highest BCUT2D eigenvalue weighted by atomic mass is 16.6. The number of nitriles is 1. The molecule has 5 atom stereocenters. The van der Waals surface area contributed by atoms with Gasteiger partial charge < -0.3 is 30.8 Å². The minimum atomic E-state index is -2.00. The van der Waals surface area contributed by atoms with E-state index in [9.17, 15) is 20.0 Å². The van der Waals surface area contributed by atoms with Gasteiger partial charge in [0.05, 0.1) is 5.69 Å². The van der Waals surface area contributed by atoms with Crippen LogP contribution in [-0.2, 0) is 29.4 Å².